The van der Waals surface area contributed by atoms with E-state index in [1.54, 1.807) is 6.33 Å². The molecule has 0 saturated carbocycles. The fourth-order valence-electron chi connectivity index (χ4n) is 1.62. The van der Waals surface area contributed by atoms with Gasteiger partial charge >= 0.3 is 0 Å². The van der Waals surface area contributed by atoms with Gasteiger partial charge in [-0.15, -0.1) is 0 Å². The van der Waals surface area contributed by atoms with Crippen molar-refractivity contribution in [3.05, 3.63) is 30.4 Å². The SMILES string of the molecule is C1=Cn2c(cc3ncncc32)C1. The summed E-state index contributed by atoms with van der Waals surface area (Å²) in [7, 11) is 0. The van der Waals surface area contributed by atoms with Crippen LogP contribution in [0.25, 0.3) is 17.2 Å². The molecule has 1 aliphatic heterocycles. The Morgan fingerprint density at radius 2 is 2.42 bits per heavy atom. The van der Waals surface area contributed by atoms with Crippen LogP contribution in [0.2, 0.25) is 0 Å². The van der Waals surface area contributed by atoms with Crippen molar-refractivity contribution in [2.45, 2.75) is 6.42 Å². The Morgan fingerprint density at radius 1 is 1.42 bits per heavy atom. The summed E-state index contributed by atoms with van der Waals surface area (Å²) in [5.74, 6) is 0. The molecule has 58 valence electrons. The zero-order chi connectivity index (χ0) is 7.97. The number of fused-ring (bicyclic) bond motifs is 3. The van der Waals surface area contributed by atoms with Crippen LogP contribution in [0.3, 0.4) is 0 Å². The molecule has 0 amide bonds. The molecule has 0 fully saturated rings. The molecule has 3 heteroatoms. The summed E-state index contributed by atoms with van der Waals surface area (Å²) in [6.07, 6.45) is 8.66. The van der Waals surface area contributed by atoms with Crippen molar-refractivity contribution in [2.75, 3.05) is 0 Å². The average Bonchev–Trinajstić information content (AvgIpc) is 2.62. The van der Waals surface area contributed by atoms with Gasteiger partial charge in [0.25, 0.3) is 0 Å². The lowest BCUT2D eigenvalue weighted by molar-refractivity contribution is 1.11. The van der Waals surface area contributed by atoms with Gasteiger partial charge in [0.05, 0.1) is 17.2 Å². The standard InChI is InChI=1S/C9H7N3/c1-2-7-4-8-9(12(7)3-1)5-10-6-11-8/h1,3-6H,2H2. The van der Waals surface area contributed by atoms with Gasteiger partial charge in [0.1, 0.15) is 6.33 Å². The van der Waals surface area contributed by atoms with Crippen molar-refractivity contribution in [1.82, 2.24) is 14.5 Å². The fourth-order valence-corrected chi connectivity index (χ4v) is 1.62. The zero-order valence-corrected chi connectivity index (χ0v) is 6.44. The molecule has 3 heterocycles. The Morgan fingerprint density at radius 3 is 3.42 bits per heavy atom. The molecule has 0 bridgehead atoms. The van der Waals surface area contributed by atoms with E-state index in [9.17, 15) is 0 Å². The number of nitrogens with zero attached hydrogens (tertiary/aromatic N) is 3. The van der Waals surface area contributed by atoms with Crippen LogP contribution in [-0.4, -0.2) is 14.5 Å². The minimum atomic E-state index is 1.01. The first kappa shape index (κ1) is 5.94. The van der Waals surface area contributed by atoms with E-state index in [2.05, 4.69) is 32.9 Å². The third-order valence-corrected chi connectivity index (χ3v) is 2.18. The summed E-state index contributed by atoms with van der Waals surface area (Å²) >= 11 is 0. The quantitative estimate of drug-likeness (QED) is 0.579. The van der Waals surface area contributed by atoms with Gasteiger partial charge in [0, 0.05) is 18.3 Å². The van der Waals surface area contributed by atoms with Gasteiger partial charge in [-0.1, -0.05) is 6.08 Å². The molecule has 3 nitrogen and oxygen atoms in total. The number of rotatable bonds is 0. The first-order valence-electron chi connectivity index (χ1n) is 3.91. The number of aromatic nitrogens is 3. The van der Waals surface area contributed by atoms with Gasteiger partial charge in [-0.05, 0) is 6.07 Å². The highest BCUT2D eigenvalue weighted by Gasteiger charge is 2.09. The van der Waals surface area contributed by atoms with Gasteiger partial charge in [-0.3, -0.25) is 0 Å². The summed E-state index contributed by atoms with van der Waals surface area (Å²) in [4.78, 5) is 8.18. The molecule has 0 saturated heterocycles. The van der Waals surface area contributed by atoms with Crippen LogP contribution in [-0.2, 0) is 6.42 Å². The maximum absolute atomic E-state index is 4.18. The van der Waals surface area contributed by atoms with Crippen LogP contribution in [0.5, 0.6) is 0 Å². The third kappa shape index (κ3) is 0.605. The topological polar surface area (TPSA) is 30.7 Å². The highest BCUT2D eigenvalue weighted by atomic mass is 15.0. The minimum Gasteiger partial charge on any atom is -0.318 e. The predicted molar refractivity (Wildman–Crippen MR) is 46.6 cm³/mol. The second kappa shape index (κ2) is 1.94. The first-order valence-corrected chi connectivity index (χ1v) is 3.91. The molecule has 0 radical (unpaired) electrons. The van der Waals surface area contributed by atoms with Gasteiger partial charge in [0.15, 0.2) is 0 Å². The third-order valence-electron chi connectivity index (χ3n) is 2.18. The van der Waals surface area contributed by atoms with E-state index < -0.39 is 0 Å². The van der Waals surface area contributed by atoms with Crippen molar-refractivity contribution in [1.29, 1.82) is 0 Å². The summed E-state index contributed by atoms with van der Waals surface area (Å²) in [6.45, 7) is 0. The molecule has 0 unspecified atom stereocenters. The second-order valence-electron chi connectivity index (χ2n) is 2.89. The van der Waals surface area contributed by atoms with Gasteiger partial charge < -0.3 is 4.57 Å². The van der Waals surface area contributed by atoms with Gasteiger partial charge in [0.2, 0.25) is 0 Å². The monoisotopic (exact) mass is 157 g/mol. The Bertz CT molecular complexity index is 468. The van der Waals surface area contributed by atoms with Gasteiger partial charge in [-0.25, -0.2) is 9.97 Å². The lowest BCUT2D eigenvalue weighted by Crippen LogP contribution is -1.86. The number of hydrogen-bond acceptors (Lipinski definition) is 2. The molecule has 2 aromatic rings. The summed E-state index contributed by atoms with van der Waals surface area (Å²) in [5, 5.41) is 0. The molecule has 1 aliphatic rings. The summed E-state index contributed by atoms with van der Waals surface area (Å²) < 4.78 is 2.13. The van der Waals surface area contributed by atoms with Crippen molar-refractivity contribution < 1.29 is 0 Å². The molecule has 0 aromatic carbocycles. The highest BCUT2D eigenvalue weighted by molar-refractivity contribution is 5.79. The summed E-state index contributed by atoms with van der Waals surface area (Å²) in [6, 6.07) is 2.11. The molecular formula is C9H7N3. The van der Waals surface area contributed by atoms with Gasteiger partial charge in [-0.2, -0.15) is 0 Å². The number of hydrogen-bond donors (Lipinski definition) is 0. The minimum absolute atomic E-state index is 1.01. The van der Waals surface area contributed by atoms with E-state index in [1.807, 2.05) is 6.20 Å². The molecule has 3 rings (SSSR count). The Labute approximate surface area is 69.4 Å². The Kier molecular flexibility index (Phi) is 0.961. The van der Waals surface area contributed by atoms with E-state index in [0.29, 0.717) is 0 Å². The fraction of sp³-hybridized carbons (Fsp3) is 0.111. The summed E-state index contributed by atoms with van der Waals surface area (Å²) in [5.41, 5.74) is 3.43. The molecule has 0 spiro atoms. The Balaban J connectivity index is 2.51. The van der Waals surface area contributed by atoms with E-state index >= 15 is 0 Å². The number of allylic oxidation sites excluding steroid dienone is 1. The average molecular weight is 157 g/mol. The zero-order valence-electron chi connectivity index (χ0n) is 6.44. The van der Waals surface area contributed by atoms with E-state index in [0.717, 1.165) is 17.5 Å². The predicted octanol–water partition coefficient (Wildman–Crippen LogP) is 1.46. The lowest BCUT2D eigenvalue weighted by Gasteiger charge is -1.93. The van der Waals surface area contributed by atoms with E-state index in [1.165, 1.54) is 5.69 Å². The Hall–Kier alpha value is -1.64. The molecule has 0 N–H and O–H groups in total. The molecular weight excluding hydrogens is 150 g/mol. The lowest BCUT2D eigenvalue weighted by atomic mass is 10.3. The van der Waals surface area contributed by atoms with Crippen LogP contribution in [0, 0.1) is 0 Å². The van der Waals surface area contributed by atoms with Crippen LogP contribution in [0.4, 0.5) is 0 Å². The smallest absolute Gasteiger partial charge is 0.116 e. The van der Waals surface area contributed by atoms with Crippen LogP contribution >= 0.6 is 0 Å². The van der Waals surface area contributed by atoms with E-state index in [-0.39, 0.29) is 0 Å². The second-order valence-corrected chi connectivity index (χ2v) is 2.89. The maximum Gasteiger partial charge on any atom is 0.116 e. The maximum atomic E-state index is 4.18. The van der Waals surface area contributed by atoms with E-state index in [4.69, 9.17) is 0 Å². The first-order chi connectivity index (χ1) is 5.95. The van der Waals surface area contributed by atoms with Crippen LogP contribution in [0.1, 0.15) is 5.69 Å². The van der Waals surface area contributed by atoms with Crippen molar-refractivity contribution in [3.8, 4) is 0 Å². The highest BCUT2D eigenvalue weighted by Crippen LogP contribution is 2.21. The van der Waals surface area contributed by atoms with Crippen molar-refractivity contribution in [3.63, 3.8) is 0 Å². The van der Waals surface area contributed by atoms with Crippen molar-refractivity contribution in [2.24, 2.45) is 0 Å². The van der Waals surface area contributed by atoms with Crippen molar-refractivity contribution >= 4 is 17.2 Å². The largest absolute Gasteiger partial charge is 0.318 e. The van der Waals surface area contributed by atoms with Crippen LogP contribution < -0.4 is 0 Å². The molecule has 12 heavy (non-hydrogen) atoms. The molecule has 0 atom stereocenters. The normalized spacial score (nSPS) is 14.0. The molecule has 0 aliphatic carbocycles. The van der Waals surface area contributed by atoms with Crippen LogP contribution in [0.15, 0.2) is 24.7 Å². The molecule has 2 aromatic heterocycles.